The Morgan fingerprint density at radius 3 is 2.52 bits per heavy atom. The number of amides is 1. The van der Waals surface area contributed by atoms with Crippen molar-refractivity contribution in [3.05, 3.63) is 23.8 Å². The van der Waals surface area contributed by atoms with Gasteiger partial charge in [0.25, 0.3) is 0 Å². The zero-order valence-corrected chi connectivity index (χ0v) is 14.3. The summed E-state index contributed by atoms with van der Waals surface area (Å²) < 4.78 is 10.5. The molecule has 0 radical (unpaired) electrons. The maximum absolute atomic E-state index is 12.1. The lowest BCUT2D eigenvalue weighted by Crippen LogP contribution is -2.27. The zero-order chi connectivity index (χ0) is 17.0. The first kappa shape index (κ1) is 17.3. The predicted octanol–water partition coefficient (Wildman–Crippen LogP) is 3.95. The molecule has 1 aromatic carbocycles. The number of benzene rings is 1. The van der Waals surface area contributed by atoms with Crippen LogP contribution in [0.1, 0.15) is 45.6 Å². The average molecular weight is 319 g/mol. The van der Waals surface area contributed by atoms with Crippen LogP contribution in [0.3, 0.4) is 0 Å². The molecule has 0 spiro atoms. The van der Waals surface area contributed by atoms with Crippen molar-refractivity contribution < 1.29 is 19.1 Å². The van der Waals surface area contributed by atoms with Crippen molar-refractivity contribution in [1.29, 1.82) is 0 Å². The third-order valence-electron chi connectivity index (χ3n) is 3.55. The lowest BCUT2D eigenvalue weighted by molar-refractivity contribution is -0.118. The molecule has 126 valence electrons. The minimum absolute atomic E-state index is 0.188. The normalized spacial score (nSPS) is 14.3. The highest BCUT2D eigenvalue weighted by Crippen LogP contribution is 2.33. The minimum Gasteiger partial charge on any atom is -0.497 e. The highest BCUT2D eigenvalue weighted by atomic mass is 16.6. The van der Waals surface area contributed by atoms with E-state index >= 15 is 0 Å². The van der Waals surface area contributed by atoms with Crippen molar-refractivity contribution in [2.75, 3.05) is 12.4 Å². The molecule has 0 atom stereocenters. The Hall–Kier alpha value is -2.04. The first-order chi connectivity index (χ1) is 10.8. The number of methoxy groups -OCH3 is 1. The van der Waals surface area contributed by atoms with Crippen molar-refractivity contribution in [2.45, 2.75) is 52.1 Å². The Balaban J connectivity index is 2.10. The van der Waals surface area contributed by atoms with E-state index in [1.165, 1.54) is 0 Å². The molecule has 0 unspecified atom stereocenters. The third kappa shape index (κ3) is 5.93. The Labute approximate surface area is 137 Å². The van der Waals surface area contributed by atoms with Gasteiger partial charge < -0.3 is 9.47 Å². The Bertz CT molecular complexity index is 585. The SMILES string of the molecule is COc1ccc(NC(=O)OC(C)(C)C)c(CC(=O)CC2CC2)c1. The van der Waals surface area contributed by atoms with Crippen LogP contribution >= 0.6 is 0 Å². The molecule has 1 aliphatic carbocycles. The van der Waals surface area contributed by atoms with E-state index in [4.69, 9.17) is 9.47 Å². The fraction of sp³-hybridized carbons (Fsp3) is 0.556. The van der Waals surface area contributed by atoms with Gasteiger partial charge in [-0.1, -0.05) is 0 Å². The van der Waals surface area contributed by atoms with Crippen molar-refractivity contribution in [2.24, 2.45) is 5.92 Å². The zero-order valence-electron chi connectivity index (χ0n) is 14.3. The first-order valence-corrected chi connectivity index (χ1v) is 7.95. The van der Waals surface area contributed by atoms with Gasteiger partial charge in [-0.05, 0) is 63.3 Å². The van der Waals surface area contributed by atoms with Crippen LogP contribution < -0.4 is 10.1 Å². The van der Waals surface area contributed by atoms with Gasteiger partial charge in [-0.3, -0.25) is 10.1 Å². The summed E-state index contributed by atoms with van der Waals surface area (Å²) in [5, 5.41) is 2.72. The molecule has 1 aliphatic rings. The molecule has 1 saturated carbocycles. The smallest absolute Gasteiger partial charge is 0.412 e. The molecule has 1 amide bonds. The average Bonchev–Trinajstić information content (AvgIpc) is 3.22. The minimum atomic E-state index is -0.571. The Kier molecular flexibility index (Phi) is 5.29. The molecule has 1 fully saturated rings. The Morgan fingerprint density at radius 2 is 1.96 bits per heavy atom. The summed E-state index contributed by atoms with van der Waals surface area (Å²) >= 11 is 0. The summed E-state index contributed by atoms with van der Waals surface area (Å²) in [5.74, 6) is 1.40. The molecular weight excluding hydrogens is 294 g/mol. The van der Waals surface area contributed by atoms with Crippen LogP contribution in [-0.4, -0.2) is 24.6 Å². The van der Waals surface area contributed by atoms with E-state index in [2.05, 4.69) is 5.32 Å². The summed E-state index contributed by atoms with van der Waals surface area (Å²) in [6.07, 6.45) is 2.67. The predicted molar refractivity (Wildman–Crippen MR) is 88.9 cm³/mol. The number of ether oxygens (including phenoxy) is 2. The van der Waals surface area contributed by atoms with E-state index in [1.807, 2.05) is 0 Å². The molecular formula is C18H25NO4. The first-order valence-electron chi connectivity index (χ1n) is 7.95. The monoisotopic (exact) mass is 319 g/mol. The number of hydrogen-bond acceptors (Lipinski definition) is 4. The van der Waals surface area contributed by atoms with Gasteiger partial charge in [0, 0.05) is 18.5 Å². The van der Waals surface area contributed by atoms with Gasteiger partial charge in [0.2, 0.25) is 0 Å². The Morgan fingerprint density at radius 1 is 1.26 bits per heavy atom. The summed E-state index contributed by atoms with van der Waals surface area (Å²) in [4.78, 5) is 24.1. The topological polar surface area (TPSA) is 64.6 Å². The second-order valence-corrected chi connectivity index (χ2v) is 7.01. The van der Waals surface area contributed by atoms with Crippen molar-refractivity contribution >= 4 is 17.6 Å². The molecule has 0 aromatic heterocycles. The number of anilines is 1. The van der Waals surface area contributed by atoms with Crippen molar-refractivity contribution in [3.63, 3.8) is 0 Å². The number of rotatable bonds is 6. The largest absolute Gasteiger partial charge is 0.497 e. The van der Waals surface area contributed by atoms with Gasteiger partial charge in [0.1, 0.15) is 17.1 Å². The van der Waals surface area contributed by atoms with E-state index < -0.39 is 11.7 Å². The molecule has 0 saturated heterocycles. The third-order valence-corrected chi connectivity index (χ3v) is 3.55. The second-order valence-electron chi connectivity index (χ2n) is 7.01. The van der Waals surface area contributed by atoms with Crippen molar-refractivity contribution in [1.82, 2.24) is 0 Å². The lowest BCUT2D eigenvalue weighted by Gasteiger charge is -2.20. The summed E-state index contributed by atoms with van der Waals surface area (Å²) in [6.45, 7) is 5.42. The molecule has 23 heavy (non-hydrogen) atoms. The molecule has 0 aliphatic heterocycles. The number of Topliss-reactive ketones (excluding diaryl/α,β-unsaturated/α-hetero) is 1. The molecule has 0 heterocycles. The van der Waals surface area contributed by atoms with Crippen LogP contribution in [0.5, 0.6) is 5.75 Å². The molecule has 1 N–H and O–H groups in total. The molecule has 5 nitrogen and oxygen atoms in total. The summed E-state index contributed by atoms with van der Waals surface area (Å²) in [5.41, 5.74) is 0.767. The molecule has 5 heteroatoms. The number of nitrogens with one attached hydrogen (secondary N) is 1. The van der Waals surface area contributed by atoms with Gasteiger partial charge in [0.15, 0.2) is 0 Å². The van der Waals surface area contributed by atoms with E-state index in [1.54, 1.807) is 46.1 Å². The number of carbonyl (C=O) groups is 2. The van der Waals surface area contributed by atoms with Crippen LogP contribution in [0, 0.1) is 5.92 Å². The highest BCUT2D eigenvalue weighted by molar-refractivity contribution is 5.89. The number of carbonyl (C=O) groups excluding carboxylic acids is 2. The second kappa shape index (κ2) is 7.02. The number of hydrogen-bond donors (Lipinski definition) is 1. The quantitative estimate of drug-likeness (QED) is 0.862. The summed E-state index contributed by atoms with van der Waals surface area (Å²) in [6, 6.07) is 5.28. The fourth-order valence-electron chi connectivity index (χ4n) is 2.31. The van der Waals surface area contributed by atoms with Crippen LogP contribution in [-0.2, 0) is 16.0 Å². The van der Waals surface area contributed by atoms with Gasteiger partial charge >= 0.3 is 6.09 Å². The van der Waals surface area contributed by atoms with E-state index in [-0.39, 0.29) is 5.78 Å². The standard InChI is InChI=1S/C18H25NO4/c1-18(2,3)23-17(21)19-16-8-7-15(22-4)11-13(16)10-14(20)9-12-5-6-12/h7-8,11-12H,5-6,9-10H2,1-4H3,(H,19,21). The number of ketones is 1. The lowest BCUT2D eigenvalue weighted by atomic mass is 10.0. The maximum atomic E-state index is 12.1. The fourth-order valence-corrected chi connectivity index (χ4v) is 2.31. The van der Waals surface area contributed by atoms with E-state index in [0.717, 1.165) is 18.4 Å². The summed E-state index contributed by atoms with van der Waals surface area (Å²) in [7, 11) is 1.58. The molecule has 1 aromatic rings. The van der Waals surface area contributed by atoms with Crippen LogP contribution in [0.4, 0.5) is 10.5 Å². The highest BCUT2D eigenvalue weighted by Gasteiger charge is 2.25. The van der Waals surface area contributed by atoms with Gasteiger partial charge in [-0.25, -0.2) is 4.79 Å². The van der Waals surface area contributed by atoms with E-state index in [9.17, 15) is 9.59 Å². The molecule has 0 bridgehead atoms. The maximum Gasteiger partial charge on any atom is 0.412 e. The van der Waals surface area contributed by atoms with Gasteiger partial charge in [-0.2, -0.15) is 0 Å². The van der Waals surface area contributed by atoms with Crippen LogP contribution in [0.2, 0.25) is 0 Å². The van der Waals surface area contributed by atoms with E-state index in [0.29, 0.717) is 30.2 Å². The molecule has 2 rings (SSSR count). The van der Waals surface area contributed by atoms with Gasteiger partial charge in [0.05, 0.1) is 7.11 Å². The van der Waals surface area contributed by atoms with Crippen molar-refractivity contribution in [3.8, 4) is 5.75 Å². The van der Waals surface area contributed by atoms with Crippen LogP contribution in [0.25, 0.3) is 0 Å². The van der Waals surface area contributed by atoms with Gasteiger partial charge in [-0.15, -0.1) is 0 Å². The van der Waals surface area contributed by atoms with Crippen LogP contribution in [0.15, 0.2) is 18.2 Å².